The van der Waals surface area contributed by atoms with Gasteiger partial charge in [-0.3, -0.25) is 14.5 Å². The van der Waals surface area contributed by atoms with E-state index in [1.54, 1.807) is 12.1 Å². The van der Waals surface area contributed by atoms with Gasteiger partial charge in [0.1, 0.15) is 18.4 Å². The number of halogens is 3. The van der Waals surface area contributed by atoms with Crippen LogP contribution in [0.25, 0.3) is 0 Å². The quantitative estimate of drug-likeness (QED) is 0.716. The first-order valence-electron chi connectivity index (χ1n) is 8.68. The van der Waals surface area contributed by atoms with Crippen LogP contribution in [0.15, 0.2) is 41.0 Å². The molecule has 0 saturated carbocycles. The van der Waals surface area contributed by atoms with Crippen molar-refractivity contribution in [1.29, 1.82) is 0 Å². The Bertz CT molecular complexity index is 921. The first kappa shape index (κ1) is 18.9. The van der Waals surface area contributed by atoms with Crippen LogP contribution in [0.1, 0.15) is 5.56 Å². The van der Waals surface area contributed by atoms with Gasteiger partial charge in [0.15, 0.2) is 11.6 Å². The fraction of sp³-hybridized carbons (Fsp3) is 0.316. The third-order valence-electron chi connectivity index (χ3n) is 4.89. The molecule has 2 saturated heterocycles. The Labute approximate surface area is 168 Å². The topological polar surface area (TPSA) is 62.7 Å². The predicted octanol–water partition coefficient (Wildman–Crippen LogP) is 2.51. The van der Waals surface area contributed by atoms with Gasteiger partial charge in [-0.05, 0) is 39.7 Å². The minimum absolute atomic E-state index is 0.163. The number of carbonyl (C=O) groups excluding carboxylic acids is 2. The van der Waals surface area contributed by atoms with Gasteiger partial charge in [0, 0.05) is 23.1 Å². The van der Waals surface area contributed by atoms with E-state index in [9.17, 15) is 18.4 Å². The van der Waals surface area contributed by atoms with Crippen molar-refractivity contribution in [2.24, 2.45) is 5.92 Å². The van der Waals surface area contributed by atoms with Crippen molar-refractivity contribution < 1.29 is 23.1 Å². The van der Waals surface area contributed by atoms with E-state index >= 15 is 0 Å². The van der Waals surface area contributed by atoms with Crippen molar-refractivity contribution in [2.75, 3.05) is 24.7 Å². The molecule has 2 aliphatic heterocycles. The summed E-state index contributed by atoms with van der Waals surface area (Å²) < 4.78 is 33.2. The number of piperazine rings is 1. The molecule has 2 fully saturated rings. The Hall–Kier alpha value is -2.39. The maximum absolute atomic E-state index is 14.4. The fourth-order valence-corrected chi connectivity index (χ4v) is 3.71. The molecule has 2 aromatic rings. The lowest BCUT2D eigenvalue weighted by Gasteiger charge is -2.45. The molecule has 2 amide bonds. The van der Waals surface area contributed by atoms with Gasteiger partial charge in [0.25, 0.3) is 5.91 Å². The third-order valence-corrected chi connectivity index (χ3v) is 5.32. The number of carbonyl (C=O) groups is 2. The van der Waals surface area contributed by atoms with Gasteiger partial charge in [-0.2, -0.15) is 0 Å². The summed E-state index contributed by atoms with van der Waals surface area (Å²) in [7, 11) is 0. The molecule has 28 heavy (non-hydrogen) atoms. The number of amides is 2. The van der Waals surface area contributed by atoms with Crippen LogP contribution in [0.3, 0.4) is 0 Å². The van der Waals surface area contributed by atoms with Gasteiger partial charge in [-0.15, -0.1) is 0 Å². The van der Waals surface area contributed by atoms with Gasteiger partial charge in [-0.25, -0.2) is 13.8 Å². The largest absolute Gasteiger partial charge is 0.380 e. The van der Waals surface area contributed by atoms with Crippen LogP contribution in [0.4, 0.5) is 14.6 Å². The van der Waals surface area contributed by atoms with E-state index in [-0.39, 0.29) is 36.5 Å². The maximum atomic E-state index is 14.4. The Morgan fingerprint density at radius 1 is 1.18 bits per heavy atom. The van der Waals surface area contributed by atoms with Gasteiger partial charge < -0.3 is 9.64 Å². The lowest BCUT2D eigenvalue weighted by molar-refractivity contribution is -0.155. The maximum Gasteiger partial charge on any atom is 0.251 e. The number of hydrogen-bond donors (Lipinski definition) is 0. The first-order valence-corrected chi connectivity index (χ1v) is 9.47. The van der Waals surface area contributed by atoms with Gasteiger partial charge in [0.05, 0.1) is 13.2 Å². The fourth-order valence-electron chi connectivity index (χ4n) is 3.40. The molecular formula is C19H16BrF2N3O3. The highest BCUT2D eigenvalue weighted by atomic mass is 79.9. The summed E-state index contributed by atoms with van der Waals surface area (Å²) >= 11 is 3.13. The Morgan fingerprint density at radius 2 is 1.89 bits per heavy atom. The summed E-state index contributed by atoms with van der Waals surface area (Å²) in [6.07, 6.45) is 1.38. The molecule has 4 rings (SSSR count). The third kappa shape index (κ3) is 3.51. The van der Waals surface area contributed by atoms with E-state index in [4.69, 9.17) is 4.74 Å². The molecule has 146 valence electrons. The summed E-state index contributed by atoms with van der Waals surface area (Å²) in [6, 6.07) is 6.17. The smallest absolute Gasteiger partial charge is 0.251 e. The molecule has 3 heterocycles. The zero-order valence-corrected chi connectivity index (χ0v) is 16.2. The monoisotopic (exact) mass is 451 g/mol. The van der Waals surface area contributed by atoms with Crippen LogP contribution in [0.2, 0.25) is 0 Å². The van der Waals surface area contributed by atoms with Crippen LogP contribution in [-0.4, -0.2) is 47.5 Å². The number of anilines is 1. The van der Waals surface area contributed by atoms with Crippen molar-refractivity contribution in [3.63, 3.8) is 0 Å². The summed E-state index contributed by atoms with van der Waals surface area (Å²) in [5.41, 5.74) is 0.703. The molecule has 1 aromatic heterocycles. The van der Waals surface area contributed by atoms with Crippen molar-refractivity contribution in [3.8, 4) is 0 Å². The summed E-state index contributed by atoms with van der Waals surface area (Å²) in [5.74, 6) is -2.15. The Balaban J connectivity index is 1.65. The van der Waals surface area contributed by atoms with Crippen molar-refractivity contribution in [1.82, 2.24) is 9.88 Å². The molecule has 1 aromatic carbocycles. The number of aromatic nitrogens is 1. The minimum Gasteiger partial charge on any atom is -0.380 e. The van der Waals surface area contributed by atoms with E-state index in [2.05, 4.69) is 20.9 Å². The highest BCUT2D eigenvalue weighted by Crippen LogP contribution is 2.30. The second-order valence-electron chi connectivity index (χ2n) is 6.77. The molecule has 9 heteroatoms. The zero-order chi connectivity index (χ0) is 19.8. The molecule has 0 N–H and O–H groups in total. The Kier molecular flexibility index (Phi) is 5.11. The summed E-state index contributed by atoms with van der Waals surface area (Å²) in [5, 5.41) is 0. The standard InChI is InChI=1S/C19H16BrF2N3O3/c20-13-5-15(22)18(23-6-13)25-8-16(26)24(7-11-1-3-14(21)4-2-11)17(19(25)27)12-9-28-10-12/h1-6,12,17H,7-10H2. The second-order valence-corrected chi connectivity index (χ2v) is 7.69. The lowest BCUT2D eigenvalue weighted by Crippen LogP contribution is -2.65. The molecule has 0 spiro atoms. The van der Waals surface area contributed by atoms with Crippen molar-refractivity contribution in [3.05, 3.63) is 58.2 Å². The average molecular weight is 452 g/mol. The van der Waals surface area contributed by atoms with Gasteiger partial charge >= 0.3 is 0 Å². The lowest BCUT2D eigenvalue weighted by atomic mass is 9.92. The van der Waals surface area contributed by atoms with E-state index < -0.39 is 17.8 Å². The van der Waals surface area contributed by atoms with Crippen LogP contribution in [0, 0.1) is 17.6 Å². The van der Waals surface area contributed by atoms with Crippen LogP contribution in [-0.2, 0) is 20.9 Å². The normalized spacial score (nSPS) is 20.5. The van der Waals surface area contributed by atoms with E-state index in [0.717, 1.165) is 4.90 Å². The van der Waals surface area contributed by atoms with Crippen LogP contribution >= 0.6 is 15.9 Å². The van der Waals surface area contributed by atoms with E-state index in [1.807, 2.05) is 0 Å². The molecule has 1 unspecified atom stereocenters. The minimum atomic E-state index is -0.787. The molecule has 2 aliphatic rings. The van der Waals surface area contributed by atoms with Crippen LogP contribution in [0.5, 0.6) is 0 Å². The predicted molar refractivity (Wildman–Crippen MR) is 99.3 cm³/mol. The first-order chi connectivity index (χ1) is 13.4. The molecule has 6 nitrogen and oxygen atoms in total. The highest BCUT2D eigenvalue weighted by molar-refractivity contribution is 9.10. The molecule has 0 aliphatic carbocycles. The Morgan fingerprint density at radius 3 is 2.50 bits per heavy atom. The number of nitrogens with zero attached hydrogens (tertiary/aromatic N) is 3. The van der Waals surface area contributed by atoms with Gasteiger partial charge in [-0.1, -0.05) is 12.1 Å². The zero-order valence-electron chi connectivity index (χ0n) is 14.6. The average Bonchev–Trinajstić information content (AvgIpc) is 2.61. The van der Waals surface area contributed by atoms with E-state index in [1.165, 1.54) is 29.3 Å². The number of benzene rings is 1. The van der Waals surface area contributed by atoms with Crippen molar-refractivity contribution in [2.45, 2.75) is 12.6 Å². The highest BCUT2D eigenvalue weighted by Gasteiger charge is 2.47. The number of pyridine rings is 1. The molecular weight excluding hydrogens is 436 g/mol. The second kappa shape index (κ2) is 7.56. The summed E-state index contributed by atoms with van der Waals surface area (Å²) in [6.45, 7) is 0.535. The molecule has 1 atom stereocenters. The van der Waals surface area contributed by atoms with Crippen molar-refractivity contribution >= 4 is 33.6 Å². The number of rotatable bonds is 4. The number of hydrogen-bond acceptors (Lipinski definition) is 4. The SMILES string of the molecule is O=C1C(C2COC2)N(Cc2ccc(F)cc2)C(=O)CN1c1ncc(Br)cc1F. The van der Waals surface area contributed by atoms with Gasteiger partial charge in [0.2, 0.25) is 5.91 Å². The number of ether oxygens (including phenoxy) is 1. The summed E-state index contributed by atoms with van der Waals surface area (Å²) in [4.78, 5) is 32.6. The molecule has 0 bridgehead atoms. The van der Waals surface area contributed by atoms with E-state index in [0.29, 0.717) is 23.2 Å². The molecule has 0 radical (unpaired) electrons. The van der Waals surface area contributed by atoms with Crippen LogP contribution < -0.4 is 4.90 Å².